The van der Waals surface area contributed by atoms with Gasteiger partial charge < -0.3 is 4.74 Å². The molecule has 1 nitrogen and oxygen atoms in total. The van der Waals surface area contributed by atoms with Crippen molar-refractivity contribution in [1.29, 1.82) is 0 Å². The Morgan fingerprint density at radius 1 is 0.800 bits per heavy atom. The SMILES string of the molecule is C=CCCC1CCC(CCC2CCC(OC)CC2)CC1. The summed E-state index contributed by atoms with van der Waals surface area (Å²) in [5.41, 5.74) is 0. The Hall–Kier alpha value is -0.300. The second-order valence-electron chi connectivity index (χ2n) is 7.21. The zero-order chi connectivity index (χ0) is 14.2. The molecule has 0 N–H and O–H groups in total. The van der Waals surface area contributed by atoms with Crippen LogP contribution in [0.15, 0.2) is 12.7 Å². The molecule has 0 amide bonds. The third kappa shape index (κ3) is 5.24. The van der Waals surface area contributed by atoms with Gasteiger partial charge in [-0.3, -0.25) is 0 Å². The predicted octanol–water partition coefficient (Wildman–Crippen LogP) is 5.74. The minimum absolute atomic E-state index is 0.562. The van der Waals surface area contributed by atoms with E-state index in [1.165, 1.54) is 77.0 Å². The summed E-state index contributed by atoms with van der Waals surface area (Å²) in [6.45, 7) is 3.84. The van der Waals surface area contributed by atoms with Gasteiger partial charge >= 0.3 is 0 Å². The van der Waals surface area contributed by atoms with Crippen LogP contribution in [0.1, 0.15) is 77.0 Å². The first-order chi connectivity index (χ1) is 9.81. The van der Waals surface area contributed by atoms with Crippen LogP contribution in [-0.4, -0.2) is 13.2 Å². The van der Waals surface area contributed by atoms with Gasteiger partial charge in [-0.05, 0) is 56.3 Å². The number of hydrogen-bond donors (Lipinski definition) is 0. The van der Waals surface area contributed by atoms with E-state index in [2.05, 4.69) is 12.7 Å². The van der Waals surface area contributed by atoms with Crippen molar-refractivity contribution in [2.24, 2.45) is 17.8 Å². The molecule has 0 aromatic heterocycles. The number of methoxy groups -OCH3 is 1. The Labute approximate surface area is 126 Å². The molecule has 2 aliphatic carbocycles. The van der Waals surface area contributed by atoms with Gasteiger partial charge in [0.2, 0.25) is 0 Å². The average molecular weight is 278 g/mol. The third-order valence-electron chi connectivity index (χ3n) is 5.86. The van der Waals surface area contributed by atoms with Crippen molar-refractivity contribution in [3.63, 3.8) is 0 Å². The molecule has 0 radical (unpaired) electrons. The van der Waals surface area contributed by atoms with E-state index in [-0.39, 0.29) is 0 Å². The van der Waals surface area contributed by atoms with E-state index >= 15 is 0 Å². The molecule has 0 saturated heterocycles. The maximum Gasteiger partial charge on any atom is 0.0571 e. The van der Waals surface area contributed by atoms with Crippen molar-refractivity contribution in [3.8, 4) is 0 Å². The van der Waals surface area contributed by atoms with Gasteiger partial charge in [0.15, 0.2) is 0 Å². The van der Waals surface area contributed by atoms with Crippen LogP contribution in [0.5, 0.6) is 0 Å². The summed E-state index contributed by atoms with van der Waals surface area (Å²) in [4.78, 5) is 0. The van der Waals surface area contributed by atoms with E-state index in [1.54, 1.807) is 0 Å². The molecule has 0 aromatic carbocycles. The Balaban J connectivity index is 1.56. The molecular weight excluding hydrogens is 244 g/mol. The van der Waals surface area contributed by atoms with Crippen LogP contribution in [0.2, 0.25) is 0 Å². The quantitative estimate of drug-likeness (QED) is 0.539. The summed E-state index contributed by atoms with van der Waals surface area (Å²) in [7, 11) is 1.87. The Morgan fingerprint density at radius 3 is 1.70 bits per heavy atom. The maximum atomic E-state index is 5.47. The van der Waals surface area contributed by atoms with Crippen molar-refractivity contribution in [2.45, 2.75) is 83.2 Å². The number of allylic oxidation sites excluding steroid dienone is 1. The zero-order valence-electron chi connectivity index (χ0n) is 13.5. The summed E-state index contributed by atoms with van der Waals surface area (Å²) in [6.07, 6.45) is 19.6. The Kier molecular flexibility index (Phi) is 7.13. The van der Waals surface area contributed by atoms with Crippen molar-refractivity contribution in [1.82, 2.24) is 0 Å². The highest BCUT2D eigenvalue weighted by Gasteiger charge is 2.24. The molecule has 116 valence electrons. The lowest BCUT2D eigenvalue weighted by Crippen LogP contribution is -2.21. The van der Waals surface area contributed by atoms with E-state index in [9.17, 15) is 0 Å². The summed E-state index contributed by atoms with van der Waals surface area (Å²) in [6, 6.07) is 0. The van der Waals surface area contributed by atoms with Gasteiger partial charge in [-0.25, -0.2) is 0 Å². The van der Waals surface area contributed by atoms with Crippen molar-refractivity contribution >= 4 is 0 Å². The number of ether oxygens (including phenoxy) is 1. The molecule has 0 aromatic rings. The highest BCUT2D eigenvalue weighted by Crippen LogP contribution is 2.36. The Morgan fingerprint density at radius 2 is 1.25 bits per heavy atom. The normalized spacial score (nSPS) is 34.9. The Bertz CT molecular complexity index is 257. The average Bonchev–Trinajstić information content (AvgIpc) is 2.52. The van der Waals surface area contributed by atoms with Crippen LogP contribution in [0.4, 0.5) is 0 Å². The first-order valence-electron chi connectivity index (χ1n) is 8.95. The second-order valence-corrected chi connectivity index (χ2v) is 7.21. The fraction of sp³-hybridized carbons (Fsp3) is 0.895. The van der Waals surface area contributed by atoms with E-state index in [0.29, 0.717) is 6.10 Å². The molecule has 0 spiro atoms. The topological polar surface area (TPSA) is 9.23 Å². The highest BCUT2D eigenvalue weighted by atomic mass is 16.5. The van der Waals surface area contributed by atoms with Crippen molar-refractivity contribution < 1.29 is 4.74 Å². The summed E-state index contributed by atoms with van der Waals surface area (Å²) in [5, 5.41) is 0. The fourth-order valence-electron chi connectivity index (χ4n) is 4.29. The summed E-state index contributed by atoms with van der Waals surface area (Å²) >= 11 is 0. The third-order valence-corrected chi connectivity index (χ3v) is 5.86. The van der Waals surface area contributed by atoms with Crippen LogP contribution in [0, 0.1) is 17.8 Å². The van der Waals surface area contributed by atoms with Gasteiger partial charge in [0.05, 0.1) is 6.10 Å². The first kappa shape index (κ1) is 16.1. The lowest BCUT2D eigenvalue weighted by Gasteiger charge is -2.31. The lowest BCUT2D eigenvalue weighted by molar-refractivity contribution is 0.0540. The van der Waals surface area contributed by atoms with Gasteiger partial charge in [0, 0.05) is 7.11 Å². The van der Waals surface area contributed by atoms with E-state index in [1.807, 2.05) is 7.11 Å². The molecule has 0 aliphatic heterocycles. The molecule has 2 saturated carbocycles. The van der Waals surface area contributed by atoms with E-state index in [0.717, 1.165) is 17.8 Å². The smallest absolute Gasteiger partial charge is 0.0571 e. The standard InChI is InChI=1S/C19H34O/c1-3-4-5-16-6-8-17(9-7-16)10-11-18-12-14-19(20-2)15-13-18/h3,16-19H,1,4-15H2,2H3. The van der Waals surface area contributed by atoms with Crippen LogP contribution >= 0.6 is 0 Å². The van der Waals surface area contributed by atoms with Crippen LogP contribution < -0.4 is 0 Å². The van der Waals surface area contributed by atoms with Gasteiger partial charge in [0.25, 0.3) is 0 Å². The van der Waals surface area contributed by atoms with Gasteiger partial charge in [-0.2, -0.15) is 0 Å². The molecule has 2 aliphatic rings. The van der Waals surface area contributed by atoms with E-state index < -0.39 is 0 Å². The number of rotatable bonds is 7. The van der Waals surface area contributed by atoms with Crippen LogP contribution in [-0.2, 0) is 4.74 Å². The van der Waals surface area contributed by atoms with Crippen LogP contribution in [0.3, 0.4) is 0 Å². The molecular formula is C19H34O. The van der Waals surface area contributed by atoms with Gasteiger partial charge in [-0.15, -0.1) is 6.58 Å². The minimum Gasteiger partial charge on any atom is -0.381 e. The molecule has 0 unspecified atom stereocenters. The highest BCUT2D eigenvalue weighted by molar-refractivity contribution is 4.78. The van der Waals surface area contributed by atoms with E-state index in [4.69, 9.17) is 4.74 Å². The summed E-state index contributed by atoms with van der Waals surface area (Å²) < 4.78 is 5.47. The minimum atomic E-state index is 0.562. The largest absolute Gasteiger partial charge is 0.381 e. The first-order valence-corrected chi connectivity index (χ1v) is 8.95. The van der Waals surface area contributed by atoms with Gasteiger partial charge in [-0.1, -0.05) is 44.6 Å². The second kappa shape index (κ2) is 8.87. The maximum absolute atomic E-state index is 5.47. The van der Waals surface area contributed by atoms with Crippen molar-refractivity contribution in [2.75, 3.05) is 7.11 Å². The predicted molar refractivity (Wildman–Crippen MR) is 86.9 cm³/mol. The molecule has 0 atom stereocenters. The zero-order valence-corrected chi connectivity index (χ0v) is 13.5. The van der Waals surface area contributed by atoms with Gasteiger partial charge in [0.1, 0.15) is 0 Å². The molecule has 1 heteroatoms. The van der Waals surface area contributed by atoms with Crippen LogP contribution in [0.25, 0.3) is 0 Å². The molecule has 20 heavy (non-hydrogen) atoms. The lowest BCUT2D eigenvalue weighted by atomic mass is 9.76. The fourth-order valence-corrected chi connectivity index (χ4v) is 4.29. The monoisotopic (exact) mass is 278 g/mol. The number of hydrogen-bond acceptors (Lipinski definition) is 1. The summed E-state index contributed by atoms with van der Waals surface area (Å²) in [5.74, 6) is 3.04. The molecule has 2 fully saturated rings. The molecule has 2 rings (SSSR count). The van der Waals surface area contributed by atoms with Crippen molar-refractivity contribution in [3.05, 3.63) is 12.7 Å². The molecule has 0 heterocycles. The molecule has 0 bridgehead atoms.